The van der Waals surface area contributed by atoms with Crippen LogP contribution in [0.15, 0.2) is 6.20 Å². The molecule has 1 saturated heterocycles. The summed E-state index contributed by atoms with van der Waals surface area (Å²) in [5.41, 5.74) is -0.792. The SMILES string of the molecule is CCCS(=O)(=O)N1CCC[C@](O)(c2cn(C(C)C)nn2)C1. The number of nitrogens with zero attached hydrogens (tertiary/aromatic N) is 4. The Morgan fingerprint density at radius 3 is 2.76 bits per heavy atom. The van der Waals surface area contributed by atoms with Crippen LogP contribution in [0, 0.1) is 0 Å². The van der Waals surface area contributed by atoms with Crippen molar-refractivity contribution in [3.05, 3.63) is 11.9 Å². The van der Waals surface area contributed by atoms with Crippen molar-refractivity contribution in [1.82, 2.24) is 19.3 Å². The maximum atomic E-state index is 12.2. The number of sulfonamides is 1. The molecule has 0 aromatic carbocycles. The molecule has 0 unspecified atom stereocenters. The van der Waals surface area contributed by atoms with Crippen molar-refractivity contribution >= 4 is 10.0 Å². The van der Waals surface area contributed by atoms with Gasteiger partial charge in [0.15, 0.2) is 0 Å². The predicted octanol–water partition coefficient (Wildman–Crippen LogP) is 0.882. The maximum absolute atomic E-state index is 12.2. The van der Waals surface area contributed by atoms with E-state index in [9.17, 15) is 13.5 Å². The summed E-state index contributed by atoms with van der Waals surface area (Å²) in [6.07, 6.45) is 3.40. The number of aromatic nitrogens is 3. The third-order valence-electron chi connectivity index (χ3n) is 3.81. The van der Waals surface area contributed by atoms with E-state index in [1.807, 2.05) is 20.8 Å². The summed E-state index contributed by atoms with van der Waals surface area (Å²) in [6, 6.07) is 0.151. The van der Waals surface area contributed by atoms with E-state index in [2.05, 4.69) is 10.3 Å². The van der Waals surface area contributed by atoms with Crippen LogP contribution in [0.3, 0.4) is 0 Å². The first-order chi connectivity index (χ1) is 9.78. The van der Waals surface area contributed by atoms with Crippen LogP contribution in [0.25, 0.3) is 0 Å². The van der Waals surface area contributed by atoms with Gasteiger partial charge in [0, 0.05) is 19.1 Å². The normalized spacial score (nSPS) is 24.6. The molecular weight excluding hydrogens is 292 g/mol. The standard InChI is InChI=1S/C13H24N4O3S/c1-4-8-21(19,20)16-7-5-6-13(18,10-16)12-9-17(11(2)3)15-14-12/h9,11,18H,4-8,10H2,1-3H3/t13-/m1/s1. The molecule has 1 aliphatic rings. The summed E-state index contributed by atoms with van der Waals surface area (Å²) in [4.78, 5) is 0. The zero-order valence-corrected chi connectivity index (χ0v) is 13.7. The Morgan fingerprint density at radius 2 is 2.19 bits per heavy atom. The fourth-order valence-corrected chi connectivity index (χ4v) is 4.17. The number of piperidine rings is 1. The molecule has 7 nitrogen and oxygen atoms in total. The summed E-state index contributed by atoms with van der Waals surface area (Å²) in [7, 11) is -3.30. The van der Waals surface area contributed by atoms with Gasteiger partial charge in [-0.05, 0) is 33.1 Å². The summed E-state index contributed by atoms with van der Waals surface area (Å²) in [5.74, 6) is 0.113. The molecule has 1 atom stereocenters. The highest BCUT2D eigenvalue weighted by molar-refractivity contribution is 7.89. The second kappa shape index (κ2) is 6.02. The third-order valence-corrected chi connectivity index (χ3v) is 5.83. The van der Waals surface area contributed by atoms with Crippen molar-refractivity contribution in [3.63, 3.8) is 0 Å². The van der Waals surface area contributed by atoms with Crippen LogP contribution in [0.1, 0.15) is 51.8 Å². The van der Waals surface area contributed by atoms with Crippen LogP contribution in [-0.2, 0) is 15.6 Å². The van der Waals surface area contributed by atoms with Crippen molar-refractivity contribution in [2.24, 2.45) is 0 Å². The van der Waals surface area contributed by atoms with Gasteiger partial charge in [-0.3, -0.25) is 0 Å². The second-order valence-corrected chi connectivity index (χ2v) is 8.05. The number of rotatable bonds is 5. The van der Waals surface area contributed by atoms with Gasteiger partial charge < -0.3 is 5.11 Å². The van der Waals surface area contributed by atoms with E-state index in [0.717, 1.165) is 0 Å². The Labute approximate surface area is 126 Å². The smallest absolute Gasteiger partial charge is 0.214 e. The van der Waals surface area contributed by atoms with Crippen molar-refractivity contribution in [1.29, 1.82) is 0 Å². The van der Waals surface area contributed by atoms with Gasteiger partial charge in [0.1, 0.15) is 11.3 Å². The van der Waals surface area contributed by atoms with Crippen molar-refractivity contribution < 1.29 is 13.5 Å². The maximum Gasteiger partial charge on any atom is 0.214 e. The van der Waals surface area contributed by atoms with Crippen LogP contribution in [-0.4, -0.2) is 51.7 Å². The van der Waals surface area contributed by atoms with Crippen LogP contribution >= 0.6 is 0 Å². The molecule has 1 fully saturated rings. The quantitative estimate of drug-likeness (QED) is 0.871. The summed E-state index contributed by atoms with van der Waals surface area (Å²) in [5, 5.41) is 18.9. The van der Waals surface area contributed by atoms with Crippen LogP contribution < -0.4 is 0 Å². The number of aliphatic hydroxyl groups is 1. The fraction of sp³-hybridized carbons (Fsp3) is 0.846. The lowest BCUT2D eigenvalue weighted by Gasteiger charge is -2.37. The zero-order valence-electron chi connectivity index (χ0n) is 12.9. The monoisotopic (exact) mass is 316 g/mol. The van der Waals surface area contributed by atoms with E-state index in [-0.39, 0.29) is 18.3 Å². The van der Waals surface area contributed by atoms with Crippen molar-refractivity contribution in [3.8, 4) is 0 Å². The number of β-amino-alcohol motifs (C(OH)–C–C–N with tert-alkyl or cyclic N) is 1. The van der Waals surface area contributed by atoms with E-state index in [1.54, 1.807) is 10.9 Å². The van der Waals surface area contributed by atoms with Crippen molar-refractivity contribution in [2.45, 2.75) is 51.7 Å². The first-order valence-corrected chi connectivity index (χ1v) is 9.02. The molecule has 2 heterocycles. The van der Waals surface area contributed by atoms with Gasteiger partial charge in [0.05, 0.1) is 11.9 Å². The lowest BCUT2D eigenvalue weighted by atomic mass is 9.91. The fourth-order valence-electron chi connectivity index (χ4n) is 2.57. The van der Waals surface area contributed by atoms with Gasteiger partial charge in [0.25, 0.3) is 0 Å². The van der Waals surface area contributed by atoms with E-state index in [4.69, 9.17) is 0 Å². The van der Waals surface area contributed by atoms with Crippen LogP contribution in [0.4, 0.5) is 0 Å². The molecule has 0 aliphatic carbocycles. The third kappa shape index (κ3) is 3.44. The molecule has 1 aliphatic heterocycles. The first-order valence-electron chi connectivity index (χ1n) is 7.41. The zero-order chi connectivity index (χ0) is 15.7. The Kier molecular flexibility index (Phi) is 4.69. The first kappa shape index (κ1) is 16.4. The Hall–Kier alpha value is -0.990. The average Bonchev–Trinajstić information content (AvgIpc) is 2.89. The predicted molar refractivity (Wildman–Crippen MR) is 79.2 cm³/mol. The van der Waals surface area contributed by atoms with E-state index < -0.39 is 15.6 Å². The minimum Gasteiger partial charge on any atom is -0.382 e. The average molecular weight is 316 g/mol. The molecule has 21 heavy (non-hydrogen) atoms. The Bertz CT molecular complexity index is 584. The van der Waals surface area contributed by atoms with Gasteiger partial charge in [-0.2, -0.15) is 4.31 Å². The van der Waals surface area contributed by atoms with Gasteiger partial charge in [0.2, 0.25) is 10.0 Å². The summed E-state index contributed by atoms with van der Waals surface area (Å²) in [6.45, 7) is 6.31. The number of hydrogen-bond acceptors (Lipinski definition) is 5. The molecule has 0 radical (unpaired) electrons. The summed E-state index contributed by atoms with van der Waals surface area (Å²) >= 11 is 0. The molecule has 1 aromatic rings. The molecule has 0 spiro atoms. The number of hydrogen-bond donors (Lipinski definition) is 1. The van der Waals surface area contributed by atoms with E-state index in [0.29, 0.717) is 31.5 Å². The molecule has 8 heteroatoms. The Morgan fingerprint density at radius 1 is 1.48 bits per heavy atom. The summed E-state index contributed by atoms with van der Waals surface area (Å²) < 4.78 is 27.4. The van der Waals surface area contributed by atoms with Gasteiger partial charge >= 0.3 is 0 Å². The minimum absolute atomic E-state index is 0.0616. The minimum atomic E-state index is -3.30. The van der Waals surface area contributed by atoms with Crippen LogP contribution in [0.2, 0.25) is 0 Å². The van der Waals surface area contributed by atoms with Gasteiger partial charge in [-0.25, -0.2) is 13.1 Å². The molecular formula is C13H24N4O3S. The molecule has 1 aromatic heterocycles. The topological polar surface area (TPSA) is 88.3 Å². The van der Waals surface area contributed by atoms with E-state index in [1.165, 1.54) is 4.31 Å². The highest BCUT2D eigenvalue weighted by Gasteiger charge is 2.41. The molecule has 2 rings (SSSR count). The lowest BCUT2D eigenvalue weighted by molar-refractivity contribution is -0.0161. The molecule has 0 bridgehead atoms. The molecule has 1 N–H and O–H groups in total. The second-order valence-electron chi connectivity index (χ2n) is 5.96. The lowest BCUT2D eigenvalue weighted by Crippen LogP contribution is -2.49. The van der Waals surface area contributed by atoms with Crippen molar-refractivity contribution in [2.75, 3.05) is 18.8 Å². The molecule has 0 amide bonds. The van der Waals surface area contributed by atoms with Gasteiger partial charge in [-0.15, -0.1) is 5.10 Å². The van der Waals surface area contributed by atoms with Gasteiger partial charge in [-0.1, -0.05) is 12.1 Å². The van der Waals surface area contributed by atoms with Crippen LogP contribution in [0.5, 0.6) is 0 Å². The molecule has 120 valence electrons. The highest BCUT2D eigenvalue weighted by Crippen LogP contribution is 2.31. The molecule has 0 saturated carbocycles. The Balaban J connectivity index is 2.22. The highest BCUT2D eigenvalue weighted by atomic mass is 32.2. The van der Waals surface area contributed by atoms with E-state index >= 15 is 0 Å². The largest absolute Gasteiger partial charge is 0.382 e.